The van der Waals surface area contributed by atoms with Crippen molar-refractivity contribution >= 4 is 34.9 Å². The summed E-state index contributed by atoms with van der Waals surface area (Å²) in [5.74, 6) is 0. The Balaban J connectivity index is -0.0000000150. The molecule has 30 valence electrons. The van der Waals surface area contributed by atoms with Crippen molar-refractivity contribution in [1.29, 1.82) is 0 Å². The minimum absolute atomic E-state index is 0. The second kappa shape index (κ2) is 8.89. The summed E-state index contributed by atoms with van der Waals surface area (Å²) < 4.78 is 4.01. The molecule has 5 heavy (non-hydrogen) atoms. The maximum Gasteiger partial charge on any atom is 2.00 e. The van der Waals surface area contributed by atoms with Crippen molar-refractivity contribution in [3.63, 3.8) is 0 Å². The Morgan fingerprint density at radius 3 is 2.20 bits per heavy atom. The first-order chi connectivity index (χ1) is 1.91. The van der Waals surface area contributed by atoms with Gasteiger partial charge in [-0.05, 0) is 6.92 Å². The second-order valence-electron chi connectivity index (χ2n) is 0.398. The Labute approximate surface area is 55.9 Å². The van der Waals surface area contributed by atoms with Crippen molar-refractivity contribution in [3.8, 4) is 0 Å². The molecule has 0 aromatic carbocycles. The molecule has 1 nitrogen and oxygen atoms in total. The van der Waals surface area contributed by atoms with Crippen LogP contribution >= 0.6 is 11.9 Å². The van der Waals surface area contributed by atoms with Gasteiger partial charge in [0, 0.05) is 0 Å². The first-order valence-corrected chi connectivity index (χ1v) is 1.46. The molecule has 0 aliphatic heterocycles. The Hall–Kier alpha value is 1.02. The zero-order chi connectivity index (χ0) is 3.41. The van der Waals surface area contributed by atoms with Crippen LogP contribution in [0.5, 0.6) is 0 Å². The van der Waals surface area contributed by atoms with E-state index in [4.69, 9.17) is 0 Å². The molecule has 0 radical (unpaired) electrons. The van der Waals surface area contributed by atoms with Crippen LogP contribution in [0.4, 0.5) is 0 Å². The van der Waals surface area contributed by atoms with Gasteiger partial charge in [-0.15, -0.1) is 0 Å². The van der Waals surface area contributed by atoms with E-state index in [1.54, 1.807) is 0 Å². The molecule has 0 saturated carbocycles. The van der Waals surface area contributed by atoms with Crippen molar-refractivity contribution in [3.05, 3.63) is 0 Å². The summed E-state index contributed by atoms with van der Waals surface area (Å²) in [6, 6.07) is 0. The summed E-state index contributed by atoms with van der Waals surface area (Å²) >= 11 is 4.69. The molecule has 0 aromatic rings. The average molecular weight is 107 g/mol. The molecule has 0 N–H and O–H groups in total. The standard InChI is InChI=1S/C2H5ClO.Mg.2H/c1-2-4-3;;;/h2H2,1H3;;;/q;+2;2*-1. The van der Waals surface area contributed by atoms with Crippen LogP contribution in [0.3, 0.4) is 0 Å². The minimum atomic E-state index is 0. The van der Waals surface area contributed by atoms with E-state index in [2.05, 4.69) is 16.2 Å². The Morgan fingerprint density at radius 1 is 2.00 bits per heavy atom. The van der Waals surface area contributed by atoms with Gasteiger partial charge in [-0.2, -0.15) is 0 Å². The zero-order valence-corrected chi connectivity index (χ0v) is 5.37. The van der Waals surface area contributed by atoms with E-state index in [1.807, 2.05) is 6.92 Å². The van der Waals surface area contributed by atoms with Crippen LogP contribution in [-0.2, 0) is 4.29 Å². The summed E-state index contributed by atoms with van der Waals surface area (Å²) in [6.45, 7) is 2.41. The van der Waals surface area contributed by atoms with Gasteiger partial charge in [0.2, 0.25) is 0 Å². The fraction of sp³-hybridized carbons (Fsp3) is 1.00. The third-order valence-electron chi connectivity index (χ3n) is 0.109. The van der Waals surface area contributed by atoms with Crippen molar-refractivity contribution in [2.45, 2.75) is 6.92 Å². The van der Waals surface area contributed by atoms with E-state index in [9.17, 15) is 0 Å². The van der Waals surface area contributed by atoms with Crippen LogP contribution in [0.25, 0.3) is 0 Å². The van der Waals surface area contributed by atoms with Gasteiger partial charge in [0.05, 0.1) is 18.5 Å². The van der Waals surface area contributed by atoms with Gasteiger partial charge in [0.15, 0.2) is 0 Å². The molecule has 0 amide bonds. The van der Waals surface area contributed by atoms with Gasteiger partial charge < -0.3 is 2.85 Å². The zero-order valence-electron chi connectivity index (χ0n) is 5.20. The molecule has 0 rings (SSSR count). The van der Waals surface area contributed by atoms with E-state index in [1.165, 1.54) is 0 Å². The molecule has 0 atom stereocenters. The van der Waals surface area contributed by atoms with Crippen LogP contribution in [-0.4, -0.2) is 29.7 Å². The SMILES string of the molecule is CCOCl.[H-].[H-].[Mg+2]. The Morgan fingerprint density at radius 2 is 2.20 bits per heavy atom. The van der Waals surface area contributed by atoms with Crippen molar-refractivity contribution < 1.29 is 7.14 Å². The van der Waals surface area contributed by atoms with E-state index in [0.717, 1.165) is 0 Å². The second-order valence-corrected chi connectivity index (χ2v) is 0.616. The summed E-state index contributed by atoms with van der Waals surface area (Å²) in [4.78, 5) is 0. The van der Waals surface area contributed by atoms with Crippen LogP contribution in [0.2, 0.25) is 0 Å². The van der Waals surface area contributed by atoms with Gasteiger partial charge >= 0.3 is 23.1 Å². The monoisotopic (exact) mass is 106 g/mol. The maximum absolute atomic E-state index is 4.69. The third-order valence-corrected chi connectivity index (χ3v) is 0.327. The number of halogens is 1. The molecule has 0 saturated heterocycles. The minimum Gasteiger partial charge on any atom is -1.00 e. The van der Waals surface area contributed by atoms with E-state index in [-0.39, 0.29) is 25.9 Å². The average Bonchev–Trinajstić information content (AvgIpc) is 1.37. The predicted molar refractivity (Wildman–Crippen MR) is 25.5 cm³/mol. The molecule has 0 aromatic heterocycles. The topological polar surface area (TPSA) is 9.23 Å². The van der Waals surface area contributed by atoms with Crippen LogP contribution in [0.15, 0.2) is 0 Å². The van der Waals surface area contributed by atoms with E-state index in [0.29, 0.717) is 6.61 Å². The fourth-order valence-corrected chi connectivity index (χ4v) is 0. The number of hydrogen-bond donors (Lipinski definition) is 0. The van der Waals surface area contributed by atoms with Gasteiger partial charge in [-0.1, -0.05) is 0 Å². The number of rotatable bonds is 1. The van der Waals surface area contributed by atoms with Gasteiger partial charge in [0.25, 0.3) is 0 Å². The number of hydrogen-bond acceptors (Lipinski definition) is 1. The third kappa shape index (κ3) is 11.2. The summed E-state index contributed by atoms with van der Waals surface area (Å²) in [7, 11) is 0. The molecule has 3 heteroatoms. The van der Waals surface area contributed by atoms with Gasteiger partial charge in [-0.25, -0.2) is 0 Å². The Kier molecular flexibility index (Phi) is 16.7. The predicted octanol–water partition coefficient (Wildman–Crippen LogP) is 1.02. The first kappa shape index (κ1) is 9.39. The van der Waals surface area contributed by atoms with E-state index < -0.39 is 0 Å². The van der Waals surface area contributed by atoms with Gasteiger partial charge in [0.1, 0.15) is 0 Å². The molecule has 0 heterocycles. The van der Waals surface area contributed by atoms with Crippen molar-refractivity contribution in [1.82, 2.24) is 0 Å². The van der Waals surface area contributed by atoms with Crippen LogP contribution < -0.4 is 0 Å². The normalized spacial score (nSPS) is 6.00. The maximum atomic E-state index is 4.69. The van der Waals surface area contributed by atoms with Gasteiger partial charge in [-0.3, -0.25) is 4.29 Å². The quantitative estimate of drug-likeness (QED) is 0.454. The molecule has 0 unspecified atom stereocenters. The smallest absolute Gasteiger partial charge is 1.00 e. The van der Waals surface area contributed by atoms with Crippen molar-refractivity contribution in [2.75, 3.05) is 6.61 Å². The van der Waals surface area contributed by atoms with Crippen LogP contribution in [0.1, 0.15) is 9.78 Å². The van der Waals surface area contributed by atoms with Crippen LogP contribution in [0, 0.1) is 0 Å². The molecule has 0 aliphatic rings. The molecule has 0 spiro atoms. The summed E-state index contributed by atoms with van der Waals surface area (Å²) in [5.41, 5.74) is 0. The molecule has 0 fully saturated rings. The molecular formula is C2H7ClMgO. The van der Waals surface area contributed by atoms with E-state index >= 15 is 0 Å². The van der Waals surface area contributed by atoms with Crippen molar-refractivity contribution in [2.24, 2.45) is 0 Å². The molecule has 0 aliphatic carbocycles. The summed E-state index contributed by atoms with van der Waals surface area (Å²) in [6.07, 6.45) is 0. The molecule has 0 bridgehead atoms. The molecular weight excluding hydrogens is 99.8 g/mol. The fourth-order valence-electron chi connectivity index (χ4n) is 0. The summed E-state index contributed by atoms with van der Waals surface area (Å²) in [5, 5.41) is 0. The first-order valence-electron chi connectivity index (χ1n) is 1.15. The Bertz CT molecular complexity index is 17.7. The largest absolute Gasteiger partial charge is 2.00 e.